The molecule has 0 nitrogen and oxygen atoms in total. The van der Waals surface area contributed by atoms with E-state index >= 15 is 0 Å². The van der Waals surface area contributed by atoms with Gasteiger partial charge in [0.1, 0.15) is 0 Å². The number of halogens is 2. The average molecular weight is 220 g/mol. The van der Waals surface area contributed by atoms with Gasteiger partial charge in [0.2, 0.25) is 0 Å². The van der Waals surface area contributed by atoms with E-state index in [9.17, 15) is 8.78 Å². The third kappa shape index (κ3) is 1.80. The van der Waals surface area contributed by atoms with Crippen molar-refractivity contribution in [1.29, 1.82) is 0 Å². The Morgan fingerprint density at radius 2 is 1.56 bits per heavy atom. The van der Waals surface area contributed by atoms with Gasteiger partial charge in [-0.3, -0.25) is 0 Å². The summed E-state index contributed by atoms with van der Waals surface area (Å²) in [6.07, 6.45) is 0. The molecule has 2 rings (SSSR count). The second kappa shape index (κ2) is 3.55. The molecule has 0 spiro atoms. The zero-order chi connectivity index (χ0) is 11.9. The summed E-state index contributed by atoms with van der Waals surface area (Å²) in [4.78, 5) is 0. The van der Waals surface area contributed by atoms with Crippen LogP contribution in [0.3, 0.4) is 0 Å². The highest BCUT2D eigenvalue weighted by atomic mass is 19.2. The predicted octanol–water partition coefficient (Wildman–Crippen LogP) is 4.42. The summed E-state index contributed by atoms with van der Waals surface area (Å²) < 4.78 is 26.3. The summed E-state index contributed by atoms with van der Waals surface area (Å²) in [5, 5.41) is 1.53. The van der Waals surface area contributed by atoms with E-state index in [0.29, 0.717) is 0 Å². The number of hydrogen-bond acceptors (Lipinski definition) is 0. The molecule has 2 heteroatoms. The van der Waals surface area contributed by atoms with Crippen LogP contribution in [0.25, 0.3) is 10.8 Å². The Kier molecular flexibility index (Phi) is 2.45. The van der Waals surface area contributed by atoms with Crippen molar-refractivity contribution in [3.8, 4) is 0 Å². The van der Waals surface area contributed by atoms with Crippen molar-refractivity contribution in [2.45, 2.75) is 26.2 Å². The monoisotopic (exact) mass is 220 g/mol. The molecule has 0 N–H and O–H groups in total. The van der Waals surface area contributed by atoms with E-state index in [-0.39, 0.29) is 5.41 Å². The van der Waals surface area contributed by atoms with Crippen LogP contribution in [0.4, 0.5) is 8.78 Å². The molecule has 0 aliphatic heterocycles. The van der Waals surface area contributed by atoms with Crippen molar-refractivity contribution in [1.82, 2.24) is 0 Å². The zero-order valence-electron chi connectivity index (χ0n) is 9.64. The van der Waals surface area contributed by atoms with Gasteiger partial charge in [-0.2, -0.15) is 0 Å². The first kappa shape index (κ1) is 11.1. The minimum Gasteiger partial charge on any atom is -0.204 e. The molecule has 0 aromatic heterocycles. The van der Waals surface area contributed by atoms with Gasteiger partial charge in [0, 0.05) is 0 Å². The lowest BCUT2D eigenvalue weighted by atomic mass is 9.84. The van der Waals surface area contributed by atoms with Crippen LogP contribution in [0.5, 0.6) is 0 Å². The normalized spacial score (nSPS) is 12.1. The van der Waals surface area contributed by atoms with E-state index in [1.165, 1.54) is 12.1 Å². The van der Waals surface area contributed by atoms with Gasteiger partial charge in [-0.1, -0.05) is 39.0 Å². The van der Waals surface area contributed by atoms with E-state index in [2.05, 4.69) is 20.8 Å². The molecule has 0 fully saturated rings. The first-order valence-electron chi connectivity index (χ1n) is 5.28. The van der Waals surface area contributed by atoms with E-state index in [4.69, 9.17) is 0 Å². The van der Waals surface area contributed by atoms with Gasteiger partial charge in [0.05, 0.1) is 0 Å². The fourth-order valence-corrected chi connectivity index (χ4v) is 1.93. The van der Waals surface area contributed by atoms with Gasteiger partial charge in [-0.15, -0.1) is 0 Å². The van der Waals surface area contributed by atoms with Crippen molar-refractivity contribution in [2.24, 2.45) is 0 Å². The van der Waals surface area contributed by atoms with E-state index in [0.717, 1.165) is 16.3 Å². The lowest BCUT2D eigenvalue weighted by Crippen LogP contribution is -2.11. The summed E-state index contributed by atoms with van der Waals surface area (Å²) in [6, 6.07) is 8.16. The third-order valence-corrected chi connectivity index (χ3v) is 2.73. The summed E-state index contributed by atoms with van der Waals surface area (Å²) in [7, 11) is 0. The maximum Gasteiger partial charge on any atom is 0.159 e. The quantitative estimate of drug-likeness (QED) is 0.616. The van der Waals surface area contributed by atoms with Gasteiger partial charge in [0.15, 0.2) is 11.6 Å². The molecular weight excluding hydrogens is 206 g/mol. The molecule has 0 aliphatic rings. The number of rotatable bonds is 0. The Labute approximate surface area is 93.9 Å². The van der Waals surface area contributed by atoms with Gasteiger partial charge in [-0.05, 0) is 33.9 Å². The van der Waals surface area contributed by atoms with Gasteiger partial charge in [0.25, 0.3) is 0 Å². The molecule has 2 aromatic rings. The smallest absolute Gasteiger partial charge is 0.159 e. The van der Waals surface area contributed by atoms with E-state index < -0.39 is 11.6 Å². The van der Waals surface area contributed by atoms with Crippen molar-refractivity contribution in [2.75, 3.05) is 0 Å². The van der Waals surface area contributed by atoms with Crippen LogP contribution in [-0.2, 0) is 5.41 Å². The minimum atomic E-state index is -0.793. The largest absolute Gasteiger partial charge is 0.204 e. The van der Waals surface area contributed by atoms with Gasteiger partial charge in [-0.25, -0.2) is 8.78 Å². The predicted molar refractivity (Wildman–Crippen MR) is 62.6 cm³/mol. The van der Waals surface area contributed by atoms with Crippen LogP contribution in [0, 0.1) is 11.6 Å². The maximum atomic E-state index is 13.2. The van der Waals surface area contributed by atoms with Crippen LogP contribution in [0.15, 0.2) is 30.3 Å². The van der Waals surface area contributed by atoms with Crippen LogP contribution in [-0.4, -0.2) is 0 Å². The molecule has 84 valence electrons. The highest BCUT2D eigenvalue weighted by molar-refractivity contribution is 5.86. The van der Waals surface area contributed by atoms with Crippen LogP contribution in [0.1, 0.15) is 26.3 Å². The standard InChI is InChI=1S/C14H14F2/c1-14(2,3)11-6-4-5-9-7-12(15)13(16)8-10(9)11/h4-8H,1-3H3. The molecule has 0 saturated heterocycles. The summed E-state index contributed by atoms with van der Waals surface area (Å²) in [5.74, 6) is -1.58. The zero-order valence-corrected chi connectivity index (χ0v) is 9.64. The molecule has 2 aromatic carbocycles. The average Bonchev–Trinajstić information content (AvgIpc) is 2.17. The fourth-order valence-electron chi connectivity index (χ4n) is 1.93. The van der Waals surface area contributed by atoms with Crippen molar-refractivity contribution < 1.29 is 8.78 Å². The second-order valence-electron chi connectivity index (χ2n) is 5.04. The lowest BCUT2D eigenvalue weighted by Gasteiger charge is -2.21. The Bertz CT molecular complexity index is 536. The molecular formula is C14H14F2. The summed E-state index contributed by atoms with van der Waals surface area (Å²) in [5.41, 5.74) is 0.952. The highest BCUT2D eigenvalue weighted by Gasteiger charge is 2.17. The fraction of sp³-hybridized carbons (Fsp3) is 0.286. The summed E-state index contributed by atoms with van der Waals surface area (Å²) >= 11 is 0. The Morgan fingerprint density at radius 1 is 0.938 bits per heavy atom. The van der Waals surface area contributed by atoms with E-state index in [1.54, 1.807) is 6.07 Å². The Hall–Kier alpha value is -1.44. The molecule has 0 heterocycles. The number of benzene rings is 2. The first-order valence-corrected chi connectivity index (χ1v) is 5.28. The third-order valence-electron chi connectivity index (χ3n) is 2.73. The molecule has 0 atom stereocenters. The highest BCUT2D eigenvalue weighted by Crippen LogP contribution is 2.30. The van der Waals surface area contributed by atoms with Crippen molar-refractivity contribution >= 4 is 10.8 Å². The molecule has 0 amide bonds. The number of hydrogen-bond donors (Lipinski definition) is 0. The minimum absolute atomic E-state index is 0.0796. The first-order chi connectivity index (χ1) is 7.39. The molecule has 0 bridgehead atoms. The van der Waals surface area contributed by atoms with Crippen LogP contribution < -0.4 is 0 Å². The molecule has 0 unspecified atom stereocenters. The molecule has 0 radical (unpaired) electrons. The van der Waals surface area contributed by atoms with Crippen molar-refractivity contribution in [3.05, 3.63) is 47.5 Å². The Morgan fingerprint density at radius 3 is 2.19 bits per heavy atom. The SMILES string of the molecule is CC(C)(C)c1cccc2cc(F)c(F)cc12. The molecule has 16 heavy (non-hydrogen) atoms. The van der Waals surface area contributed by atoms with Gasteiger partial charge < -0.3 is 0 Å². The van der Waals surface area contributed by atoms with Crippen LogP contribution >= 0.6 is 0 Å². The van der Waals surface area contributed by atoms with Crippen LogP contribution in [0.2, 0.25) is 0 Å². The summed E-state index contributed by atoms with van der Waals surface area (Å²) in [6.45, 7) is 6.18. The molecule has 0 aliphatic carbocycles. The maximum absolute atomic E-state index is 13.2. The second-order valence-corrected chi connectivity index (χ2v) is 5.04. The Balaban J connectivity index is 2.82. The van der Waals surface area contributed by atoms with E-state index in [1.807, 2.05) is 12.1 Å². The topological polar surface area (TPSA) is 0 Å². The number of fused-ring (bicyclic) bond motifs is 1. The molecule has 0 saturated carbocycles. The lowest BCUT2D eigenvalue weighted by molar-refractivity contribution is 0.510. The van der Waals surface area contributed by atoms with Gasteiger partial charge >= 0.3 is 0 Å². The van der Waals surface area contributed by atoms with Crippen molar-refractivity contribution in [3.63, 3.8) is 0 Å².